The standard InChI is InChI=1S/C16H22N2O3/c1-10-6-7-13(11(2)17-10)18-16(19)12-4-3-5-14-15(12)21-9-8-20-14/h3-5,10-11,13,17H,6-9H2,1-2H3,(H,18,19). The molecule has 1 saturated heterocycles. The molecular formula is C16H22N2O3. The molecule has 5 heteroatoms. The number of benzene rings is 1. The molecule has 2 aliphatic heterocycles. The van der Waals surface area contributed by atoms with E-state index in [0.29, 0.717) is 36.3 Å². The van der Waals surface area contributed by atoms with Crippen LogP contribution in [0, 0.1) is 0 Å². The van der Waals surface area contributed by atoms with Gasteiger partial charge < -0.3 is 20.1 Å². The minimum atomic E-state index is -0.0921. The van der Waals surface area contributed by atoms with Crippen LogP contribution in [0.2, 0.25) is 0 Å². The number of carbonyl (C=O) groups is 1. The van der Waals surface area contributed by atoms with Crippen molar-refractivity contribution in [2.24, 2.45) is 0 Å². The first-order valence-electron chi connectivity index (χ1n) is 7.60. The number of hydrogen-bond acceptors (Lipinski definition) is 4. The van der Waals surface area contributed by atoms with E-state index in [9.17, 15) is 4.79 Å². The van der Waals surface area contributed by atoms with Gasteiger partial charge in [0.15, 0.2) is 11.5 Å². The van der Waals surface area contributed by atoms with Gasteiger partial charge in [0, 0.05) is 18.1 Å². The molecule has 0 spiro atoms. The van der Waals surface area contributed by atoms with Crippen molar-refractivity contribution in [3.05, 3.63) is 23.8 Å². The largest absolute Gasteiger partial charge is 0.486 e. The average Bonchev–Trinajstić information content (AvgIpc) is 2.49. The summed E-state index contributed by atoms with van der Waals surface area (Å²) in [5.74, 6) is 1.12. The van der Waals surface area contributed by atoms with E-state index in [0.717, 1.165) is 12.8 Å². The van der Waals surface area contributed by atoms with Crippen LogP contribution in [0.15, 0.2) is 18.2 Å². The zero-order chi connectivity index (χ0) is 14.8. The number of para-hydroxylation sites is 1. The number of rotatable bonds is 2. The third-order valence-corrected chi connectivity index (χ3v) is 4.19. The zero-order valence-electron chi connectivity index (χ0n) is 12.5. The Morgan fingerprint density at radius 3 is 2.86 bits per heavy atom. The smallest absolute Gasteiger partial charge is 0.255 e. The van der Waals surface area contributed by atoms with Crippen LogP contribution in [0.4, 0.5) is 0 Å². The number of carbonyl (C=O) groups excluding carboxylic acids is 1. The van der Waals surface area contributed by atoms with E-state index >= 15 is 0 Å². The molecule has 0 saturated carbocycles. The number of ether oxygens (including phenoxy) is 2. The molecule has 3 unspecified atom stereocenters. The summed E-state index contributed by atoms with van der Waals surface area (Å²) < 4.78 is 11.1. The van der Waals surface area contributed by atoms with Gasteiger partial charge in [-0.3, -0.25) is 4.79 Å². The summed E-state index contributed by atoms with van der Waals surface area (Å²) in [6.07, 6.45) is 2.06. The van der Waals surface area contributed by atoms with E-state index in [1.54, 1.807) is 6.07 Å². The molecule has 21 heavy (non-hydrogen) atoms. The zero-order valence-corrected chi connectivity index (χ0v) is 12.5. The second-order valence-corrected chi connectivity index (χ2v) is 5.84. The lowest BCUT2D eigenvalue weighted by molar-refractivity contribution is 0.0903. The highest BCUT2D eigenvalue weighted by molar-refractivity contribution is 5.98. The van der Waals surface area contributed by atoms with Crippen molar-refractivity contribution in [1.29, 1.82) is 0 Å². The molecule has 1 aromatic carbocycles. The summed E-state index contributed by atoms with van der Waals surface area (Å²) in [6, 6.07) is 6.37. The number of amides is 1. The van der Waals surface area contributed by atoms with Gasteiger partial charge in [-0.25, -0.2) is 0 Å². The van der Waals surface area contributed by atoms with Crippen molar-refractivity contribution >= 4 is 5.91 Å². The second-order valence-electron chi connectivity index (χ2n) is 5.84. The average molecular weight is 290 g/mol. The number of piperidine rings is 1. The molecule has 1 amide bonds. The first-order valence-corrected chi connectivity index (χ1v) is 7.60. The minimum Gasteiger partial charge on any atom is -0.486 e. The van der Waals surface area contributed by atoms with E-state index in [4.69, 9.17) is 9.47 Å². The van der Waals surface area contributed by atoms with Crippen LogP contribution in [-0.2, 0) is 0 Å². The van der Waals surface area contributed by atoms with Gasteiger partial charge in [-0.05, 0) is 38.8 Å². The maximum Gasteiger partial charge on any atom is 0.255 e. The van der Waals surface area contributed by atoms with E-state index in [-0.39, 0.29) is 18.0 Å². The second kappa shape index (κ2) is 5.93. The lowest BCUT2D eigenvalue weighted by atomic mass is 9.95. The molecule has 0 bridgehead atoms. The van der Waals surface area contributed by atoms with Crippen LogP contribution >= 0.6 is 0 Å². The van der Waals surface area contributed by atoms with Crippen molar-refractivity contribution in [3.63, 3.8) is 0 Å². The fourth-order valence-corrected chi connectivity index (χ4v) is 3.02. The van der Waals surface area contributed by atoms with Crippen LogP contribution in [-0.4, -0.2) is 37.2 Å². The Kier molecular flexibility index (Phi) is 4.01. The molecule has 0 radical (unpaired) electrons. The Hall–Kier alpha value is -1.75. The van der Waals surface area contributed by atoms with Gasteiger partial charge in [0.2, 0.25) is 0 Å². The molecule has 0 aliphatic carbocycles. The topological polar surface area (TPSA) is 59.6 Å². The molecule has 0 aromatic heterocycles. The maximum absolute atomic E-state index is 12.5. The first kappa shape index (κ1) is 14.2. The predicted molar refractivity (Wildman–Crippen MR) is 80.0 cm³/mol. The fourth-order valence-electron chi connectivity index (χ4n) is 3.02. The van der Waals surface area contributed by atoms with Crippen molar-refractivity contribution in [2.75, 3.05) is 13.2 Å². The van der Waals surface area contributed by atoms with E-state index in [1.807, 2.05) is 12.1 Å². The maximum atomic E-state index is 12.5. The summed E-state index contributed by atoms with van der Waals surface area (Å²) in [7, 11) is 0. The van der Waals surface area contributed by atoms with Gasteiger partial charge in [0.05, 0.1) is 5.56 Å². The third-order valence-electron chi connectivity index (χ3n) is 4.19. The monoisotopic (exact) mass is 290 g/mol. The van der Waals surface area contributed by atoms with E-state index in [2.05, 4.69) is 24.5 Å². The van der Waals surface area contributed by atoms with Gasteiger partial charge in [-0.2, -0.15) is 0 Å². The van der Waals surface area contributed by atoms with Gasteiger partial charge in [-0.15, -0.1) is 0 Å². The van der Waals surface area contributed by atoms with Crippen LogP contribution in [0.1, 0.15) is 37.0 Å². The van der Waals surface area contributed by atoms with Crippen molar-refractivity contribution in [1.82, 2.24) is 10.6 Å². The Morgan fingerprint density at radius 1 is 1.24 bits per heavy atom. The van der Waals surface area contributed by atoms with Crippen LogP contribution in [0.25, 0.3) is 0 Å². The fraction of sp³-hybridized carbons (Fsp3) is 0.562. The molecule has 2 N–H and O–H groups in total. The summed E-state index contributed by atoms with van der Waals surface area (Å²) in [5.41, 5.74) is 0.554. The van der Waals surface area contributed by atoms with Crippen molar-refractivity contribution < 1.29 is 14.3 Å². The van der Waals surface area contributed by atoms with Gasteiger partial charge in [-0.1, -0.05) is 6.07 Å². The quantitative estimate of drug-likeness (QED) is 0.870. The molecule has 5 nitrogen and oxygen atoms in total. The Labute approximate surface area is 125 Å². The van der Waals surface area contributed by atoms with E-state index in [1.165, 1.54) is 0 Å². The number of fused-ring (bicyclic) bond motifs is 1. The van der Waals surface area contributed by atoms with Crippen LogP contribution in [0.5, 0.6) is 11.5 Å². The number of hydrogen-bond donors (Lipinski definition) is 2. The highest BCUT2D eigenvalue weighted by atomic mass is 16.6. The molecule has 1 fully saturated rings. The Balaban J connectivity index is 1.74. The molecular weight excluding hydrogens is 268 g/mol. The van der Waals surface area contributed by atoms with E-state index < -0.39 is 0 Å². The van der Waals surface area contributed by atoms with Gasteiger partial charge in [0.25, 0.3) is 5.91 Å². The lowest BCUT2D eigenvalue weighted by Gasteiger charge is -2.34. The normalized spacial score (nSPS) is 28.0. The van der Waals surface area contributed by atoms with Gasteiger partial charge in [0.1, 0.15) is 13.2 Å². The molecule has 3 rings (SSSR count). The van der Waals surface area contributed by atoms with Crippen LogP contribution < -0.4 is 20.1 Å². The molecule has 2 aliphatic rings. The summed E-state index contributed by atoms with van der Waals surface area (Å²) in [5, 5.41) is 6.60. The van der Waals surface area contributed by atoms with Crippen molar-refractivity contribution in [3.8, 4) is 11.5 Å². The highest BCUT2D eigenvalue weighted by Crippen LogP contribution is 2.33. The Bertz CT molecular complexity index is 532. The predicted octanol–water partition coefficient (Wildman–Crippen LogP) is 1.72. The molecule has 2 heterocycles. The van der Waals surface area contributed by atoms with Crippen molar-refractivity contribution in [2.45, 2.75) is 44.8 Å². The lowest BCUT2D eigenvalue weighted by Crippen LogP contribution is -2.54. The highest BCUT2D eigenvalue weighted by Gasteiger charge is 2.28. The molecule has 1 aromatic rings. The SMILES string of the molecule is CC1CCC(NC(=O)c2cccc3c2OCCO3)C(C)N1. The third kappa shape index (κ3) is 2.97. The summed E-state index contributed by atoms with van der Waals surface area (Å²) in [6.45, 7) is 5.30. The minimum absolute atomic E-state index is 0.0921. The first-order chi connectivity index (χ1) is 10.1. The van der Waals surface area contributed by atoms with Crippen LogP contribution in [0.3, 0.4) is 0 Å². The summed E-state index contributed by atoms with van der Waals surface area (Å²) >= 11 is 0. The van der Waals surface area contributed by atoms with Gasteiger partial charge >= 0.3 is 0 Å². The molecule has 114 valence electrons. The Morgan fingerprint density at radius 2 is 2.05 bits per heavy atom. The molecule has 3 atom stereocenters. The number of nitrogens with one attached hydrogen (secondary N) is 2. The summed E-state index contributed by atoms with van der Waals surface area (Å²) in [4.78, 5) is 12.5.